The van der Waals surface area contributed by atoms with Gasteiger partial charge in [0.15, 0.2) is 0 Å². The van der Waals surface area contributed by atoms with Gasteiger partial charge in [0.05, 0.1) is 0 Å². The minimum Gasteiger partial charge on any atom is -0.356 e. The number of piperazine rings is 1. The summed E-state index contributed by atoms with van der Waals surface area (Å²) in [4.78, 5) is 32.0. The Morgan fingerprint density at radius 1 is 1.08 bits per heavy atom. The molecule has 1 saturated heterocycles. The summed E-state index contributed by atoms with van der Waals surface area (Å²) >= 11 is 0. The minimum absolute atomic E-state index is 0. The van der Waals surface area contributed by atoms with Crippen LogP contribution in [0.25, 0.3) is 0 Å². The SMILES string of the molecule is CNCCC(=O)NCCC(=O)N1CCN(c2ccccn2)CC1.Cl.Cl. The Morgan fingerprint density at radius 2 is 1.80 bits per heavy atom. The van der Waals surface area contributed by atoms with Crippen molar-refractivity contribution in [2.75, 3.05) is 51.2 Å². The van der Waals surface area contributed by atoms with Crippen LogP contribution in [-0.2, 0) is 9.59 Å². The molecule has 2 N–H and O–H groups in total. The summed E-state index contributed by atoms with van der Waals surface area (Å²) < 4.78 is 0. The first-order chi connectivity index (χ1) is 11.2. The van der Waals surface area contributed by atoms with Crippen LogP contribution in [0.3, 0.4) is 0 Å². The fourth-order valence-electron chi connectivity index (χ4n) is 2.52. The maximum Gasteiger partial charge on any atom is 0.224 e. The molecule has 142 valence electrons. The molecule has 0 aromatic carbocycles. The molecule has 0 radical (unpaired) electrons. The first-order valence-corrected chi connectivity index (χ1v) is 8.06. The van der Waals surface area contributed by atoms with Gasteiger partial charge in [-0.05, 0) is 19.2 Å². The van der Waals surface area contributed by atoms with E-state index in [1.54, 1.807) is 13.2 Å². The van der Waals surface area contributed by atoms with Crippen LogP contribution in [0.2, 0.25) is 0 Å². The maximum atomic E-state index is 12.2. The highest BCUT2D eigenvalue weighted by molar-refractivity contribution is 5.85. The average Bonchev–Trinajstić information content (AvgIpc) is 2.60. The summed E-state index contributed by atoms with van der Waals surface area (Å²) in [5.74, 6) is 1.03. The summed E-state index contributed by atoms with van der Waals surface area (Å²) in [6, 6.07) is 5.85. The van der Waals surface area contributed by atoms with Gasteiger partial charge in [-0.15, -0.1) is 24.8 Å². The van der Waals surface area contributed by atoms with E-state index in [0.29, 0.717) is 39.0 Å². The number of carbonyl (C=O) groups excluding carboxylic acids is 2. The number of hydrogen-bond donors (Lipinski definition) is 2. The quantitative estimate of drug-likeness (QED) is 0.714. The molecule has 2 rings (SSSR count). The lowest BCUT2D eigenvalue weighted by atomic mass is 10.2. The molecule has 1 aromatic heterocycles. The van der Waals surface area contributed by atoms with Crippen molar-refractivity contribution < 1.29 is 9.59 Å². The van der Waals surface area contributed by atoms with Gasteiger partial charge in [-0.3, -0.25) is 9.59 Å². The maximum absolute atomic E-state index is 12.2. The smallest absolute Gasteiger partial charge is 0.224 e. The van der Waals surface area contributed by atoms with Gasteiger partial charge in [-0.25, -0.2) is 4.98 Å². The van der Waals surface area contributed by atoms with Gasteiger partial charge in [-0.1, -0.05) is 6.07 Å². The van der Waals surface area contributed by atoms with E-state index in [1.165, 1.54) is 0 Å². The van der Waals surface area contributed by atoms with Gasteiger partial charge in [0.1, 0.15) is 5.82 Å². The van der Waals surface area contributed by atoms with Crippen LogP contribution in [0.1, 0.15) is 12.8 Å². The molecule has 0 atom stereocenters. The van der Waals surface area contributed by atoms with Crippen molar-refractivity contribution in [3.63, 3.8) is 0 Å². The zero-order valence-corrected chi connectivity index (χ0v) is 16.1. The minimum atomic E-state index is -0.0212. The molecule has 7 nitrogen and oxygen atoms in total. The lowest BCUT2D eigenvalue weighted by molar-refractivity contribution is -0.131. The second kappa shape index (κ2) is 12.7. The Morgan fingerprint density at radius 3 is 2.40 bits per heavy atom. The molecule has 1 aromatic rings. The number of amides is 2. The van der Waals surface area contributed by atoms with E-state index in [0.717, 1.165) is 18.9 Å². The third kappa shape index (κ3) is 7.90. The van der Waals surface area contributed by atoms with Crippen LogP contribution in [0.4, 0.5) is 5.82 Å². The van der Waals surface area contributed by atoms with Crippen LogP contribution in [-0.4, -0.2) is 68.0 Å². The number of pyridine rings is 1. The third-order valence-electron chi connectivity index (χ3n) is 3.87. The van der Waals surface area contributed by atoms with Crippen molar-refractivity contribution >= 4 is 42.4 Å². The summed E-state index contributed by atoms with van der Waals surface area (Å²) in [6.07, 6.45) is 2.58. The van der Waals surface area contributed by atoms with Crippen molar-refractivity contribution in [1.29, 1.82) is 0 Å². The monoisotopic (exact) mass is 391 g/mol. The zero-order chi connectivity index (χ0) is 16.5. The predicted molar refractivity (Wildman–Crippen MR) is 104 cm³/mol. The molecule has 9 heteroatoms. The second-order valence-corrected chi connectivity index (χ2v) is 5.51. The van der Waals surface area contributed by atoms with Crippen molar-refractivity contribution in [1.82, 2.24) is 20.5 Å². The van der Waals surface area contributed by atoms with Gasteiger partial charge >= 0.3 is 0 Å². The zero-order valence-electron chi connectivity index (χ0n) is 14.4. The highest BCUT2D eigenvalue weighted by atomic mass is 35.5. The Balaban J connectivity index is 0.00000288. The third-order valence-corrected chi connectivity index (χ3v) is 3.87. The molecule has 0 spiro atoms. The van der Waals surface area contributed by atoms with E-state index in [9.17, 15) is 9.59 Å². The number of nitrogens with one attached hydrogen (secondary N) is 2. The van der Waals surface area contributed by atoms with Crippen molar-refractivity contribution in [3.8, 4) is 0 Å². The van der Waals surface area contributed by atoms with Crippen LogP contribution in [0.5, 0.6) is 0 Å². The highest BCUT2D eigenvalue weighted by Gasteiger charge is 2.21. The van der Waals surface area contributed by atoms with E-state index in [2.05, 4.69) is 20.5 Å². The molecule has 0 saturated carbocycles. The number of halogens is 2. The molecule has 2 amide bonds. The molecule has 2 heterocycles. The van der Waals surface area contributed by atoms with Gasteiger partial charge in [0.25, 0.3) is 0 Å². The largest absolute Gasteiger partial charge is 0.356 e. The van der Waals surface area contributed by atoms with E-state index >= 15 is 0 Å². The molecule has 0 unspecified atom stereocenters. The molecule has 25 heavy (non-hydrogen) atoms. The van der Waals surface area contributed by atoms with E-state index in [4.69, 9.17) is 0 Å². The lowest BCUT2D eigenvalue weighted by Gasteiger charge is -2.35. The predicted octanol–water partition coefficient (Wildman–Crippen LogP) is 0.690. The average molecular weight is 392 g/mol. The summed E-state index contributed by atoms with van der Waals surface area (Å²) in [5.41, 5.74) is 0. The summed E-state index contributed by atoms with van der Waals surface area (Å²) in [6.45, 7) is 4.03. The Kier molecular flexibility index (Phi) is 11.9. The normalized spacial score (nSPS) is 13.5. The van der Waals surface area contributed by atoms with Gasteiger partial charge < -0.3 is 20.4 Å². The molecule has 1 aliphatic rings. The van der Waals surface area contributed by atoms with Gasteiger partial charge in [0.2, 0.25) is 11.8 Å². The van der Waals surface area contributed by atoms with Crippen LogP contribution in [0.15, 0.2) is 24.4 Å². The molecule has 1 aliphatic heterocycles. The number of nitrogens with zero attached hydrogens (tertiary/aromatic N) is 3. The lowest BCUT2D eigenvalue weighted by Crippen LogP contribution is -2.49. The molecule has 0 bridgehead atoms. The van der Waals surface area contributed by atoms with E-state index < -0.39 is 0 Å². The van der Waals surface area contributed by atoms with Crippen molar-refractivity contribution in [2.45, 2.75) is 12.8 Å². The Labute approximate surface area is 161 Å². The van der Waals surface area contributed by atoms with E-state index in [1.807, 2.05) is 23.1 Å². The Hall–Kier alpha value is -1.57. The van der Waals surface area contributed by atoms with Crippen LogP contribution >= 0.6 is 24.8 Å². The highest BCUT2D eigenvalue weighted by Crippen LogP contribution is 2.12. The number of carbonyl (C=O) groups is 2. The topological polar surface area (TPSA) is 77.6 Å². The molecular formula is C16H27Cl2N5O2. The fourth-order valence-corrected chi connectivity index (χ4v) is 2.52. The first-order valence-electron chi connectivity index (χ1n) is 8.06. The summed E-state index contributed by atoms with van der Waals surface area (Å²) in [7, 11) is 1.81. The number of hydrogen-bond acceptors (Lipinski definition) is 5. The first kappa shape index (κ1) is 23.4. The Bertz CT molecular complexity index is 511. The van der Waals surface area contributed by atoms with Crippen LogP contribution in [0, 0.1) is 0 Å². The summed E-state index contributed by atoms with van der Waals surface area (Å²) in [5, 5.41) is 5.70. The number of aromatic nitrogens is 1. The molecule has 0 aliphatic carbocycles. The van der Waals surface area contributed by atoms with Gasteiger partial charge in [0, 0.05) is 58.3 Å². The number of anilines is 1. The molecule has 1 fully saturated rings. The standard InChI is InChI=1S/C16H25N5O2.2ClH/c1-17-8-5-15(22)19-9-6-16(23)21-12-10-20(11-13-21)14-4-2-3-7-18-14;;/h2-4,7,17H,5-6,8-13H2,1H3,(H,19,22);2*1H. The van der Waals surface area contributed by atoms with E-state index in [-0.39, 0.29) is 36.6 Å². The van der Waals surface area contributed by atoms with Crippen molar-refractivity contribution in [3.05, 3.63) is 24.4 Å². The van der Waals surface area contributed by atoms with Crippen LogP contribution < -0.4 is 15.5 Å². The van der Waals surface area contributed by atoms with Gasteiger partial charge in [-0.2, -0.15) is 0 Å². The van der Waals surface area contributed by atoms with Crippen molar-refractivity contribution in [2.24, 2.45) is 0 Å². The number of rotatable bonds is 7. The molecular weight excluding hydrogens is 365 g/mol. The fraction of sp³-hybridized carbons (Fsp3) is 0.562. The second-order valence-electron chi connectivity index (χ2n) is 5.51.